The summed E-state index contributed by atoms with van der Waals surface area (Å²) in [5.41, 5.74) is 0.936. The van der Waals surface area contributed by atoms with Crippen molar-refractivity contribution in [3.8, 4) is 0 Å². The molecule has 0 spiro atoms. The fourth-order valence-corrected chi connectivity index (χ4v) is 4.24. The molecule has 172 valence electrons. The zero-order valence-corrected chi connectivity index (χ0v) is 19.0. The molecule has 7 heteroatoms. The molecule has 1 N–H and O–H groups in total. The topological polar surface area (TPSA) is 82.9 Å². The second-order valence-corrected chi connectivity index (χ2v) is 8.70. The first-order valence-electron chi connectivity index (χ1n) is 11.3. The fraction of sp³-hybridized carbons (Fsp3) is 0.346. The summed E-state index contributed by atoms with van der Waals surface area (Å²) in [4.78, 5) is 42.0. The van der Waals surface area contributed by atoms with Crippen LogP contribution in [0.2, 0.25) is 0 Å². The van der Waals surface area contributed by atoms with Crippen LogP contribution in [0.4, 0.5) is 0 Å². The Balaban J connectivity index is 1.37. The number of fused-ring (bicyclic) bond motifs is 1. The Morgan fingerprint density at radius 2 is 1.61 bits per heavy atom. The summed E-state index contributed by atoms with van der Waals surface area (Å²) in [6, 6.07) is 16.6. The lowest BCUT2D eigenvalue weighted by molar-refractivity contribution is -0.138. The Bertz CT molecular complexity index is 1130. The summed E-state index contributed by atoms with van der Waals surface area (Å²) >= 11 is 0. The van der Waals surface area contributed by atoms with Crippen LogP contribution >= 0.6 is 0 Å². The minimum absolute atomic E-state index is 0.0586. The monoisotopic (exact) mass is 447 g/mol. The van der Waals surface area contributed by atoms with Gasteiger partial charge in [0, 0.05) is 26.2 Å². The molecule has 0 bridgehead atoms. The highest BCUT2D eigenvalue weighted by atomic mass is 16.3. The van der Waals surface area contributed by atoms with Gasteiger partial charge in [-0.1, -0.05) is 56.3 Å². The number of nitrogens with one attached hydrogen (secondary N) is 1. The zero-order chi connectivity index (χ0) is 23.4. The third-order valence-corrected chi connectivity index (χ3v) is 6.09. The van der Waals surface area contributed by atoms with Gasteiger partial charge in [-0.05, 0) is 34.4 Å². The van der Waals surface area contributed by atoms with Gasteiger partial charge in [-0.3, -0.25) is 14.4 Å². The van der Waals surface area contributed by atoms with E-state index in [9.17, 15) is 14.4 Å². The maximum atomic E-state index is 13.2. The minimum atomic E-state index is -0.611. The molecule has 1 aromatic heterocycles. The summed E-state index contributed by atoms with van der Waals surface area (Å²) in [6.07, 6.45) is 1.68. The van der Waals surface area contributed by atoms with Crippen molar-refractivity contribution in [3.05, 3.63) is 72.2 Å². The Kier molecular flexibility index (Phi) is 6.77. The summed E-state index contributed by atoms with van der Waals surface area (Å²) < 4.78 is 5.19. The Morgan fingerprint density at radius 1 is 0.909 bits per heavy atom. The molecule has 1 fully saturated rings. The molecule has 1 atom stereocenters. The lowest BCUT2D eigenvalue weighted by Gasteiger charge is -2.37. The normalized spacial score (nSPS) is 15.0. The molecule has 0 aliphatic carbocycles. The van der Waals surface area contributed by atoms with Gasteiger partial charge in [0.05, 0.1) is 12.7 Å². The van der Waals surface area contributed by atoms with Crippen LogP contribution in [0.1, 0.15) is 30.0 Å². The molecule has 2 aromatic carbocycles. The van der Waals surface area contributed by atoms with Crippen LogP contribution in [0.25, 0.3) is 10.8 Å². The first kappa shape index (κ1) is 22.6. The summed E-state index contributed by atoms with van der Waals surface area (Å²) in [7, 11) is 0. The number of hydrogen-bond acceptors (Lipinski definition) is 4. The Hall–Kier alpha value is -3.61. The molecule has 7 nitrogen and oxygen atoms in total. The van der Waals surface area contributed by atoms with Gasteiger partial charge in [-0.25, -0.2) is 0 Å². The highest BCUT2D eigenvalue weighted by molar-refractivity contribution is 5.93. The Morgan fingerprint density at radius 3 is 2.30 bits per heavy atom. The van der Waals surface area contributed by atoms with Gasteiger partial charge in [0.1, 0.15) is 6.04 Å². The van der Waals surface area contributed by atoms with Crippen LogP contribution in [-0.4, -0.2) is 59.7 Å². The molecule has 1 aliphatic heterocycles. The van der Waals surface area contributed by atoms with Crippen LogP contribution in [0.5, 0.6) is 0 Å². The van der Waals surface area contributed by atoms with E-state index in [1.807, 2.05) is 56.3 Å². The predicted molar refractivity (Wildman–Crippen MR) is 126 cm³/mol. The third kappa shape index (κ3) is 5.08. The van der Waals surface area contributed by atoms with Gasteiger partial charge >= 0.3 is 0 Å². The molecule has 0 saturated carbocycles. The van der Waals surface area contributed by atoms with Gasteiger partial charge in [-0.2, -0.15) is 0 Å². The lowest BCUT2D eigenvalue weighted by Crippen LogP contribution is -2.57. The van der Waals surface area contributed by atoms with Crippen molar-refractivity contribution in [2.24, 2.45) is 5.92 Å². The number of piperazine rings is 1. The maximum absolute atomic E-state index is 13.2. The van der Waals surface area contributed by atoms with Crippen LogP contribution in [0.15, 0.2) is 65.3 Å². The number of amides is 3. The van der Waals surface area contributed by atoms with E-state index in [4.69, 9.17) is 4.42 Å². The number of benzene rings is 2. The van der Waals surface area contributed by atoms with Crippen LogP contribution in [0.3, 0.4) is 0 Å². The van der Waals surface area contributed by atoms with E-state index in [0.717, 1.165) is 16.3 Å². The number of rotatable bonds is 6. The van der Waals surface area contributed by atoms with E-state index in [1.54, 1.807) is 21.9 Å². The first-order valence-corrected chi connectivity index (χ1v) is 11.3. The Labute approximate surface area is 193 Å². The van der Waals surface area contributed by atoms with Crippen molar-refractivity contribution in [1.82, 2.24) is 15.1 Å². The number of hydrogen-bond donors (Lipinski definition) is 1. The van der Waals surface area contributed by atoms with E-state index >= 15 is 0 Å². The van der Waals surface area contributed by atoms with Crippen molar-refractivity contribution >= 4 is 28.5 Å². The van der Waals surface area contributed by atoms with Gasteiger partial charge in [0.2, 0.25) is 11.8 Å². The van der Waals surface area contributed by atoms with Gasteiger partial charge in [0.25, 0.3) is 5.91 Å². The maximum Gasteiger partial charge on any atom is 0.289 e. The molecule has 1 aliphatic rings. The lowest BCUT2D eigenvalue weighted by atomic mass is 9.99. The summed E-state index contributed by atoms with van der Waals surface area (Å²) in [5, 5.41) is 5.08. The highest BCUT2D eigenvalue weighted by Gasteiger charge is 2.32. The third-order valence-electron chi connectivity index (χ3n) is 6.09. The summed E-state index contributed by atoms with van der Waals surface area (Å²) in [6.45, 7) is 5.57. The second kappa shape index (κ2) is 9.90. The molecule has 1 unspecified atom stereocenters. The van der Waals surface area contributed by atoms with Crippen LogP contribution in [-0.2, 0) is 16.0 Å². The number of nitrogens with zero attached hydrogens (tertiary/aromatic N) is 2. The summed E-state index contributed by atoms with van der Waals surface area (Å²) in [5.74, 6) is -0.213. The molecule has 3 amide bonds. The first-order chi connectivity index (χ1) is 15.9. The van der Waals surface area contributed by atoms with Gasteiger partial charge in [0.15, 0.2) is 5.76 Å². The number of furan rings is 1. The van der Waals surface area contributed by atoms with Crippen molar-refractivity contribution in [2.75, 3.05) is 26.2 Å². The SMILES string of the molecule is CC(C)C(NC(=O)Cc1cccc2ccccc12)C(=O)N1CCN(C(=O)c2ccco2)CC1. The number of carbonyl (C=O) groups is 3. The zero-order valence-electron chi connectivity index (χ0n) is 19.0. The van der Waals surface area contributed by atoms with Crippen molar-refractivity contribution in [1.29, 1.82) is 0 Å². The van der Waals surface area contributed by atoms with E-state index in [0.29, 0.717) is 31.9 Å². The van der Waals surface area contributed by atoms with Crippen LogP contribution in [0, 0.1) is 5.92 Å². The van der Waals surface area contributed by atoms with Gasteiger partial charge < -0.3 is 19.5 Å². The van der Waals surface area contributed by atoms with Crippen LogP contribution < -0.4 is 5.32 Å². The van der Waals surface area contributed by atoms with Crippen molar-refractivity contribution in [3.63, 3.8) is 0 Å². The average molecular weight is 448 g/mol. The molecular weight excluding hydrogens is 418 g/mol. The average Bonchev–Trinajstić information content (AvgIpc) is 3.37. The smallest absolute Gasteiger partial charge is 0.289 e. The molecule has 2 heterocycles. The molecule has 4 rings (SSSR count). The van der Waals surface area contributed by atoms with Crippen molar-refractivity contribution in [2.45, 2.75) is 26.3 Å². The van der Waals surface area contributed by atoms with E-state index < -0.39 is 6.04 Å². The highest BCUT2D eigenvalue weighted by Crippen LogP contribution is 2.19. The van der Waals surface area contributed by atoms with E-state index in [2.05, 4.69) is 5.32 Å². The molecule has 1 saturated heterocycles. The quantitative estimate of drug-likeness (QED) is 0.630. The molecule has 3 aromatic rings. The molecule has 33 heavy (non-hydrogen) atoms. The fourth-order valence-electron chi connectivity index (χ4n) is 4.24. The van der Waals surface area contributed by atoms with E-state index in [1.165, 1.54) is 6.26 Å². The molecular formula is C26H29N3O4. The van der Waals surface area contributed by atoms with E-state index in [-0.39, 0.29) is 30.1 Å². The van der Waals surface area contributed by atoms with Crippen molar-refractivity contribution < 1.29 is 18.8 Å². The predicted octanol–water partition coefficient (Wildman–Crippen LogP) is 3.10. The largest absolute Gasteiger partial charge is 0.459 e. The second-order valence-electron chi connectivity index (χ2n) is 8.70. The van der Waals surface area contributed by atoms with Gasteiger partial charge in [-0.15, -0.1) is 0 Å². The standard InChI is InChI=1S/C26H29N3O4/c1-18(2)24(27-23(30)17-20-9-5-8-19-7-3-4-10-21(19)20)26(32)29-14-12-28(13-15-29)25(31)22-11-6-16-33-22/h3-11,16,18,24H,12-15,17H2,1-2H3,(H,27,30). The molecule has 0 radical (unpaired) electrons. The number of carbonyl (C=O) groups excluding carboxylic acids is 3. The minimum Gasteiger partial charge on any atom is -0.459 e.